The third-order valence-corrected chi connectivity index (χ3v) is 6.52. The number of rotatable bonds is 9. The van der Waals surface area contributed by atoms with E-state index in [-0.39, 0.29) is 17.4 Å². The molecule has 174 valence electrons. The predicted octanol–water partition coefficient (Wildman–Crippen LogP) is 6.00. The number of aromatic nitrogens is 3. The van der Waals surface area contributed by atoms with Crippen LogP contribution in [0.25, 0.3) is 5.69 Å². The lowest BCUT2D eigenvalue weighted by molar-refractivity contribution is -0.113. The molecule has 4 rings (SSSR count). The monoisotopic (exact) mass is 494 g/mol. The minimum atomic E-state index is -0.581. The molecule has 0 aliphatic heterocycles. The second-order valence-corrected chi connectivity index (χ2v) is 9.09. The SMILES string of the molecule is CSc1cccc(NC(=O)CSc2nnc(C(C)Oc3ccccc3F)n2-c2ccccc2)c1. The molecule has 6 nitrogen and oxygen atoms in total. The average Bonchev–Trinajstić information content (AvgIpc) is 3.29. The quantitative estimate of drug-likeness (QED) is 0.288. The smallest absolute Gasteiger partial charge is 0.234 e. The molecular weight excluding hydrogens is 471 g/mol. The van der Waals surface area contributed by atoms with Crippen LogP contribution in [0.2, 0.25) is 0 Å². The molecule has 0 saturated carbocycles. The summed E-state index contributed by atoms with van der Waals surface area (Å²) in [5.41, 5.74) is 1.57. The van der Waals surface area contributed by atoms with Crippen molar-refractivity contribution in [1.82, 2.24) is 14.8 Å². The number of halogens is 1. The van der Waals surface area contributed by atoms with Gasteiger partial charge in [0, 0.05) is 16.3 Å². The van der Waals surface area contributed by atoms with Crippen LogP contribution in [-0.4, -0.2) is 32.7 Å². The van der Waals surface area contributed by atoms with Crippen LogP contribution < -0.4 is 10.1 Å². The third-order valence-electron chi connectivity index (χ3n) is 4.86. The molecule has 0 aliphatic rings. The van der Waals surface area contributed by atoms with Crippen LogP contribution >= 0.6 is 23.5 Å². The fraction of sp³-hybridized carbons (Fsp3) is 0.160. The van der Waals surface area contributed by atoms with E-state index in [9.17, 15) is 9.18 Å². The number of anilines is 1. The highest BCUT2D eigenvalue weighted by molar-refractivity contribution is 7.99. The fourth-order valence-corrected chi connectivity index (χ4v) is 4.49. The summed E-state index contributed by atoms with van der Waals surface area (Å²) >= 11 is 2.88. The highest BCUT2D eigenvalue weighted by atomic mass is 32.2. The van der Waals surface area contributed by atoms with E-state index in [1.54, 1.807) is 36.9 Å². The van der Waals surface area contributed by atoms with Gasteiger partial charge in [0.15, 0.2) is 28.7 Å². The average molecular weight is 495 g/mol. The molecule has 0 saturated heterocycles. The Bertz CT molecular complexity index is 1270. The van der Waals surface area contributed by atoms with Crippen molar-refractivity contribution in [3.63, 3.8) is 0 Å². The molecule has 1 heterocycles. The first-order valence-electron chi connectivity index (χ1n) is 10.5. The number of hydrogen-bond donors (Lipinski definition) is 1. The molecule has 0 radical (unpaired) electrons. The van der Waals surface area contributed by atoms with Gasteiger partial charge >= 0.3 is 0 Å². The molecule has 34 heavy (non-hydrogen) atoms. The first kappa shape index (κ1) is 23.8. The van der Waals surface area contributed by atoms with Crippen molar-refractivity contribution in [2.75, 3.05) is 17.3 Å². The summed E-state index contributed by atoms with van der Waals surface area (Å²) in [7, 11) is 0. The lowest BCUT2D eigenvalue weighted by Crippen LogP contribution is -2.15. The normalized spacial score (nSPS) is 11.7. The number of thioether (sulfide) groups is 2. The zero-order chi connectivity index (χ0) is 23.9. The number of amides is 1. The number of ether oxygens (including phenoxy) is 1. The lowest BCUT2D eigenvalue weighted by Gasteiger charge is -2.17. The second-order valence-electron chi connectivity index (χ2n) is 7.27. The van der Waals surface area contributed by atoms with E-state index in [0.717, 1.165) is 16.3 Å². The third kappa shape index (κ3) is 5.78. The van der Waals surface area contributed by atoms with Crippen molar-refractivity contribution < 1.29 is 13.9 Å². The summed E-state index contributed by atoms with van der Waals surface area (Å²) in [5.74, 6) is 0.195. The van der Waals surface area contributed by atoms with Crippen LogP contribution in [0.4, 0.5) is 10.1 Å². The van der Waals surface area contributed by atoms with Gasteiger partial charge in [-0.3, -0.25) is 9.36 Å². The van der Waals surface area contributed by atoms with Gasteiger partial charge in [-0.15, -0.1) is 22.0 Å². The molecule has 1 atom stereocenters. The van der Waals surface area contributed by atoms with E-state index in [2.05, 4.69) is 15.5 Å². The standard InChI is InChI=1S/C25H23FN4O2S2/c1-17(32-22-14-7-6-13-21(22)26)24-28-29-25(30(24)19-10-4-3-5-11-19)34-16-23(31)27-18-9-8-12-20(15-18)33-2/h3-15,17H,16H2,1-2H3,(H,27,31). The summed E-state index contributed by atoms with van der Waals surface area (Å²) in [5, 5.41) is 12.1. The number of nitrogens with one attached hydrogen (secondary N) is 1. The molecule has 0 spiro atoms. The van der Waals surface area contributed by atoms with E-state index in [1.165, 1.54) is 17.8 Å². The summed E-state index contributed by atoms with van der Waals surface area (Å²) in [6, 6.07) is 23.5. The maximum Gasteiger partial charge on any atom is 0.234 e. The number of hydrogen-bond acceptors (Lipinski definition) is 6. The highest BCUT2D eigenvalue weighted by Gasteiger charge is 2.22. The molecule has 4 aromatic rings. The van der Waals surface area contributed by atoms with Gasteiger partial charge < -0.3 is 10.1 Å². The maximum atomic E-state index is 14.1. The van der Waals surface area contributed by atoms with Gasteiger partial charge in [0.25, 0.3) is 0 Å². The summed E-state index contributed by atoms with van der Waals surface area (Å²) in [4.78, 5) is 13.7. The Morgan fingerprint density at radius 3 is 2.59 bits per heavy atom. The summed E-state index contributed by atoms with van der Waals surface area (Å²) in [6.07, 6.45) is 1.41. The van der Waals surface area contributed by atoms with E-state index < -0.39 is 11.9 Å². The second kappa shape index (κ2) is 11.2. The van der Waals surface area contributed by atoms with Gasteiger partial charge in [-0.1, -0.05) is 48.2 Å². The first-order valence-corrected chi connectivity index (χ1v) is 12.7. The van der Waals surface area contributed by atoms with Crippen LogP contribution in [0.3, 0.4) is 0 Å². The van der Waals surface area contributed by atoms with Crippen molar-refractivity contribution >= 4 is 35.1 Å². The van der Waals surface area contributed by atoms with E-state index >= 15 is 0 Å². The Labute approximate surface area is 205 Å². The molecule has 9 heteroatoms. The topological polar surface area (TPSA) is 69.0 Å². The van der Waals surface area contributed by atoms with Crippen LogP contribution in [0.1, 0.15) is 18.9 Å². The van der Waals surface area contributed by atoms with E-state index in [4.69, 9.17) is 4.74 Å². The van der Waals surface area contributed by atoms with Crippen LogP contribution in [-0.2, 0) is 4.79 Å². The molecular formula is C25H23FN4O2S2. The van der Waals surface area contributed by atoms with Crippen molar-refractivity contribution in [1.29, 1.82) is 0 Å². The summed E-state index contributed by atoms with van der Waals surface area (Å²) in [6.45, 7) is 1.79. The van der Waals surface area contributed by atoms with Gasteiger partial charge in [-0.25, -0.2) is 4.39 Å². The van der Waals surface area contributed by atoms with Crippen molar-refractivity contribution in [2.45, 2.75) is 23.1 Å². The van der Waals surface area contributed by atoms with Crippen LogP contribution in [0, 0.1) is 5.82 Å². The zero-order valence-electron chi connectivity index (χ0n) is 18.6. The maximum absolute atomic E-state index is 14.1. The van der Waals surface area contributed by atoms with Gasteiger partial charge in [0.1, 0.15) is 0 Å². The molecule has 0 bridgehead atoms. The van der Waals surface area contributed by atoms with Gasteiger partial charge in [0.05, 0.1) is 5.75 Å². The lowest BCUT2D eigenvalue weighted by atomic mass is 10.3. The molecule has 1 N–H and O–H groups in total. The molecule has 1 aromatic heterocycles. The number of nitrogens with zero attached hydrogens (tertiary/aromatic N) is 3. The molecule has 0 fully saturated rings. The largest absolute Gasteiger partial charge is 0.480 e. The van der Waals surface area contributed by atoms with Crippen LogP contribution in [0.5, 0.6) is 5.75 Å². The van der Waals surface area contributed by atoms with Crippen LogP contribution in [0.15, 0.2) is 88.9 Å². The number of carbonyl (C=O) groups is 1. The minimum absolute atomic E-state index is 0.138. The number of benzene rings is 3. The molecule has 1 unspecified atom stereocenters. The first-order chi connectivity index (χ1) is 16.5. The number of para-hydroxylation sites is 2. The zero-order valence-corrected chi connectivity index (χ0v) is 20.3. The van der Waals surface area contributed by atoms with Crippen molar-refractivity contribution in [3.8, 4) is 11.4 Å². The van der Waals surface area contributed by atoms with Crippen molar-refractivity contribution in [3.05, 3.63) is 90.5 Å². The Morgan fingerprint density at radius 1 is 1.06 bits per heavy atom. The Hall–Kier alpha value is -3.30. The fourth-order valence-electron chi connectivity index (χ4n) is 3.27. The van der Waals surface area contributed by atoms with Gasteiger partial charge in [0.2, 0.25) is 5.91 Å². The predicted molar refractivity (Wildman–Crippen MR) is 134 cm³/mol. The Morgan fingerprint density at radius 2 is 1.82 bits per heavy atom. The highest BCUT2D eigenvalue weighted by Crippen LogP contribution is 2.29. The Kier molecular flexibility index (Phi) is 7.87. The molecule has 1 amide bonds. The van der Waals surface area contributed by atoms with Gasteiger partial charge in [-0.05, 0) is 55.6 Å². The number of carbonyl (C=O) groups excluding carboxylic acids is 1. The van der Waals surface area contributed by atoms with Crippen molar-refractivity contribution in [2.24, 2.45) is 0 Å². The molecule has 0 aliphatic carbocycles. The molecule has 3 aromatic carbocycles. The summed E-state index contributed by atoms with van der Waals surface area (Å²) < 4.78 is 21.8. The Balaban J connectivity index is 1.53. The van der Waals surface area contributed by atoms with E-state index in [0.29, 0.717) is 11.0 Å². The van der Waals surface area contributed by atoms with Gasteiger partial charge in [-0.2, -0.15) is 0 Å². The minimum Gasteiger partial charge on any atom is -0.480 e. The van der Waals surface area contributed by atoms with E-state index in [1.807, 2.05) is 65.4 Å².